The van der Waals surface area contributed by atoms with Gasteiger partial charge in [0.15, 0.2) is 16.3 Å². The first-order chi connectivity index (χ1) is 8.10. The summed E-state index contributed by atoms with van der Waals surface area (Å²) in [4.78, 5) is 20.6. The lowest BCUT2D eigenvalue weighted by Gasteiger charge is -2.00. The largest absolute Gasteiger partial charge is 0.296 e. The molecule has 0 bridgehead atoms. The van der Waals surface area contributed by atoms with Gasteiger partial charge in [0.25, 0.3) is 0 Å². The van der Waals surface area contributed by atoms with Gasteiger partial charge in [-0.15, -0.1) is 22.7 Å². The van der Waals surface area contributed by atoms with Gasteiger partial charge in [0.2, 0.25) is 0 Å². The zero-order chi connectivity index (χ0) is 12.4. The molecule has 6 heteroatoms. The topological polar surface area (TPSA) is 42.9 Å². The fourth-order valence-electron chi connectivity index (χ4n) is 1.42. The first-order valence-electron chi connectivity index (χ1n) is 5.16. The Kier molecular flexibility index (Phi) is 4.06. The summed E-state index contributed by atoms with van der Waals surface area (Å²) in [6.07, 6.45) is 3.47. The minimum atomic E-state index is 0.519. The second kappa shape index (κ2) is 5.37. The van der Waals surface area contributed by atoms with Crippen LogP contribution in [0.2, 0.25) is 0 Å². The van der Waals surface area contributed by atoms with E-state index in [4.69, 9.17) is 0 Å². The number of thiazole rings is 2. The summed E-state index contributed by atoms with van der Waals surface area (Å²) >= 11 is 6.47. The molecule has 0 aromatic carbocycles. The van der Waals surface area contributed by atoms with Gasteiger partial charge in [-0.1, -0.05) is 13.8 Å². The van der Waals surface area contributed by atoms with Gasteiger partial charge in [-0.05, 0) is 28.3 Å². The third-order valence-electron chi connectivity index (χ3n) is 2.09. The third-order valence-corrected chi connectivity index (χ3v) is 4.81. The lowest BCUT2D eigenvalue weighted by molar-refractivity contribution is 0.111. The van der Waals surface area contributed by atoms with Crippen LogP contribution < -0.4 is 0 Å². The molecule has 0 saturated heterocycles. The highest BCUT2D eigenvalue weighted by Crippen LogP contribution is 2.33. The number of carbonyl (C=O) groups excluding carboxylic acids is 1. The first kappa shape index (κ1) is 12.9. The van der Waals surface area contributed by atoms with Crippen molar-refractivity contribution >= 4 is 44.9 Å². The van der Waals surface area contributed by atoms with E-state index >= 15 is 0 Å². The maximum absolute atomic E-state index is 11.0. The molecule has 0 aliphatic carbocycles. The molecule has 0 fully saturated rings. The van der Waals surface area contributed by atoms with Crippen molar-refractivity contribution in [3.05, 3.63) is 20.6 Å². The van der Waals surface area contributed by atoms with Crippen molar-refractivity contribution < 1.29 is 4.79 Å². The molecule has 90 valence electrons. The molecule has 2 rings (SSSR count). The van der Waals surface area contributed by atoms with Crippen LogP contribution in [0.5, 0.6) is 0 Å². The molecule has 0 aliphatic heterocycles. The quantitative estimate of drug-likeness (QED) is 0.794. The van der Waals surface area contributed by atoms with E-state index in [2.05, 4.69) is 39.7 Å². The van der Waals surface area contributed by atoms with Crippen molar-refractivity contribution in [2.45, 2.75) is 20.3 Å². The van der Waals surface area contributed by atoms with Crippen LogP contribution in [0, 0.1) is 5.92 Å². The normalized spacial score (nSPS) is 11.1. The molecular formula is C11H11BrN2OS2. The van der Waals surface area contributed by atoms with Gasteiger partial charge >= 0.3 is 0 Å². The number of carbonyl (C=O) groups is 1. The minimum absolute atomic E-state index is 0.519. The molecule has 0 amide bonds. The molecule has 0 atom stereocenters. The van der Waals surface area contributed by atoms with Gasteiger partial charge in [-0.2, -0.15) is 0 Å². The summed E-state index contributed by atoms with van der Waals surface area (Å²) in [5.74, 6) is 0.519. The number of hydrogen-bond donors (Lipinski definition) is 0. The Hall–Kier alpha value is -0.590. The van der Waals surface area contributed by atoms with Gasteiger partial charge in [0.1, 0.15) is 5.69 Å². The van der Waals surface area contributed by atoms with Crippen molar-refractivity contribution in [3.8, 4) is 10.0 Å². The third kappa shape index (κ3) is 3.00. The van der Waals surface area contributed by atoms with Crippen molar-refractivity contribution in [1.82, 2.24) is 9.97 Å². The zero-order valence-corrected chi connectivity index (χ0v) is 12.7. The van der Waals surface area contributed by atoms with Crippen molar-refractivity contribution in [3.63, 3.8) is 0 Å². The summed E-state index contributed by atoms with van der Waals surface area (Å²) in [5.41, 5.74) is 0.560. The Bertz CT molecular complexity index is 533. The monoisotopic (exact) mass is 330 g/mol. The van der Waals surface area contributed by atoms with Crippen molar-refractivity contribution in [1.29, 1.82) is 0 Å². The average molecular weight is 331 g/mol. The molecule has 0 saturated carbocycles. The lowest BCUT2D eigenvalue weighted by Crippen LogP contribution is -1.95. The van der Waals surface area contributed by atoms with Crippen LogP contribution in [-0.2, 0) is 6.42 Å². The van der Waals surface area contributed by atoms with Gasteiger partial charge in [0.05, 0.1) is 9.98 Å². The van der Waals surface area contributed by atoms with Crippen molar-refractivity contribution in [2.75, 3.05) is 0 Å². The molecule has 0 aliphatic rings. The number of nitrogens with zero attached hydrogens (tertiary/aromatic N) is 2. The zero-order valence-electron chi connectivity index (χ0n) is 9.44. The highest BCUT2D eigenvalue weighted by molar-refractivity contribution is 9.11. The number of rotatable bonds is 4. The van der Waals surface area contributed by atoms with Crippen LogP contribution in [0.3, 0.4) is 0 Å². The Labute approximate surface area is 116 Å². The van der Waals surface area contributed by atoms with Crippen LogP contribution in [0.25, 0.3) is 10.0 Å². The second-order valence-corrected chi connectivity index (χ2v) is 7.51. The molecule has 0 N–H and O–H groups in total. The fraction of sp³-hybridized carbons (Fsp3) is 0.364. The summed E-state index contributed by atoms with van der Waals surface area (Å²) in [6, 6.07) is 0. The van der Waals surface area contributed by atoms with Crippen LogP contribution in [0.1, 0.15) is 29.2 Å². The molecule has 17 heavy (non-hydrogen) atoms. The SMILES string of the molecule is CC(C)Cc1sc(-c2ncc(Br)s2)nc1C=O. The summed E-state index contributed by atoms with van der Waals surface area (Å²) in [5, 5.41) is 1.69. The van der Waals surface area contributed by atoms with E-state index in [0.29, 0.717) is 11.6 Å². The molecule has 0 radical (unpaired) electrons. The average Bonchev–Trinajstić information content (AvgIpc) is 2.83. The molecule has 0 unspecified atom stereocenters. The molecule has 2 heterocycles. The van der Waals surface area contributed by atoms with Crippen LogP contribution in [0.4, 0.5) is 0 Å². The van der Waals surface area contributed by atoms with Gasteiger partial charge in [-0.25, -0.2) is 9.97 Å². The molecule has 3 nitrogen and oxygen atoms in total. The van der Waals surface area contributed by atoms with Crippen LogP contribution in [0.15, 0.2) is 9.98 Å². The van der Waals surface area contributed by atoms with E-state index in [1.165, 1.54) is 11.3 Å². The Balaban J connectivity index is 2.37. The molecular weight excluding hydrogens is 320 g/mol. The summed E-state index contributed by atoms with van der Waals surface area (Å²) < 4.78 is 0.973. The van der Waals surface area contributed by atoms with Crippen LogP contribution in [-0.4, -0.2) is 16.3 Å². The second-order valence-electron chi connectivity index (χ2n) is 4.01. The standard InChI is InChI=1S/C11H11BrN2OS2/c1-6(2)3-8-7(5-15)14-11(16-8)10-13-4-9(12)17-10/h4-6H,3H2,1-2H3. The maximum Gasteiger partial charge on any atom is 0.169 e. The van der Waals surface area contributed by atoms with Crippen molar-refractivity contribution in [2.24, 2.45) is 5.92 Å². The van der Waals surface area contributed by atoms with Gasteiger partial charge < -0.3 is 0 Å². The van der Waals surface area contributed by atoms with E-state index in [-0.39, 0.29) is 0 Å². The fourth-order valence-corrected chi connectivity index (χ4v) is 3.89. The number of halogens is 1. The predicted octanol–water partition coefficient (Wildman–Crippen LogP) is 4.04. The Morgan fingerprint density at radius 3 is 2.71 bits per heavy atom. The highest BCUT2D eigenvalue weighted by atomic mass is 79.9. The predicted molar refractivity (Wildman–Crippen MR) is 74.9 cm³/mol. The van der Waals surface area contributed by atoms with Gasteiger partial charge in [-0.3, -0.25) is 4.79 Å². The Morgan fingerprint density at radius 1 is 1.41 bits per heavy atom. The van der Waals surface area contributed by atoms with Crippen LogP contribution >= 0.6 is 38.6 Å². The molecule has 2 aromatic heterocycles. The minimum Gasteiger partial charge on any atom is -0.296 e. The Morgan fingerprint density at radius 2 is 2.18 bits per heavy atom. The molecule has 2 aromatic rings. The van der Waals surface area contributed by atoms with E-state index in [0.717, 1.165) is 31.4 Å². The smallest absolute Gasteiger partial charge is 0.169 e. The number of aromatic nitrogens is 2. The number of aldehydes is 1. The van der Waals surface area contributed by atoms with E-state index in [9.17, 15) is 4.79 Å². The van der Waals surface area contributed by atoms with E-state index in [1.807, 2.05) is 0 Å². The summed E-state index contributed by atoms with van der Waals surface area (Å²) in [6.45, 7) is 4.27. The molecule has 0 spiro atoms. The summed E-state index contributed by atoms with van der Waals surface area (Å²) in [7, 11) is 0. The van der Waals surface area contributed by atoms with E-state index in [1.54, 1.807) is 17.5 Å². The van der Waals surface area contributed by atoms with Gasteiger partial charge in [0, 0.05) is 4.88 Å². The highest BCUT2D eigenvalue weighted by Gasteiger charge is 2.15. The lowest BCUT2D eigenvalue weighted by atomic mass is 10.1. The first-order valence-corrected chi connectivity index (χ1v) is 7.59. The number of hydrogen-bond acceptors (Lipinski definition) is 5. The maximum atomic E-state index is 11.0. The van der Waals surface area contributed by atoms with E-state index < -0.39 is 0 Å².